The molecule has 5 nitrogen and oxygen atoms in total. The second-order valence-electron chi connectivity index (χ2n) is 10.0. The van der Waals surface area contributed by atoms with E-state index in [1.54, 1.807) is 6.07 Å². The van der Waals surface area contributed by atoms with Crippen molar-refractivity contribution in [2.45, 2.75) is 85.7 Å². The van der Waals surface area contributed by atoms with E-state index >= 15 is 0 Å². The molecule has 0 amide bonds. The van der Waals surface area contributed by atoms with Crippen LogP contribution >= 0.6 is 0 Å². The fraction of sp³-hybridized carbons (Fsp3) is 0.542. The first-order valence-electron chi connectivity index (χ1n) is 11.1. The molecule has 0 aromatic carbocycles. The minimum atomic E-state index is -6.00. The van der Waals surface area contributed by atoms with Gasteiger partial charge in [0.2, 0.25) is 0 Å². The van der Waals surface area contributed by atoms with Crippen molar-refractivity contribution >= 4 is 7.25 Å². The molecule has 0 N–H and O–H groups in total. The summed E-state index contributed by atoms with van der Waals surface area (Å²) in [5.74, 6) is 0. The van der Waals surface area contributed by atoms with Crippen LogP contribution in [-0.4, -0.2) is 38.1 Å². The van der Waals surface area contributed by atoms with Gasteiger partial charge in [0.05, 0.1) is 28.8 Å². The van der Waals surface area contributed by atoms with Crippen LogP contribution in [0.4, 0.5) is 17.3 Å². The molecule has 4 bridgehead atoms. The molecule has 0 radical (unpaired) electrons. The summed E-state index contributed by atoms with van der Waals surface area (Å²) in [5.41, 5.74) is 4.62. The van der Waals surface area contributed by atoms with Gasteiger partial charge in [-0.05, 0) is 65.8 Å². The standard InChI is InChI=1S/C22H32N4.C2H3N.BF4.Cu/c1-21(2,3)25-13-17-9-7-11-19(23-17)15-26(22(4,5)6)16-20-12-8-10-18(14-25)24-20;1-2-3;2-1(3,4)5;/h7-12H,13-16H2,1-6H3;1H3;;/q;;-1;+1. The third kappa shape index (κ3) is 13.6. The van der Waals surface area contributed by atoms with E-state index < -0.39 is 7.25 Å². The van der Waals surface area contributed by atoms with Crippen LogP contribution in [0.25, 0.3) is 0 Å². The molecule has 35 heavy (non-hydrogen) atoms. The van der Waals surface area contributed by atoms with E-state index in [2.05, 4.69) is 87.7 Å². The van der Waals surface area contributed by atoms with E-state index in [1.165, 1.54) is 6.92 Å². The maximum atomic E-state index is 9.75. The van der Waals surface area contributed by atoms with E-state index in [0.29, 0.717) is 0 Å². The van der Waals surface area contributed by atoms with Gasteiger partial charge in [-0.2, -0.15) is 5.26 Å². The van der Waals surface area contributed by atoms with Crippen molar-refractivity contribution in [3.8, 4) is 6.07 Å². The Hall–Kier alpha value is -1.99. The van der Waals surface area contributed by atoms with Crippen LogP contribution in [0.15, 0.2) is 36.4 Å². The summed E-state index contributed by atoms with van der Waals surface area (Å²) < 4.78 is 39.0. The first-order chi connectivity index (χ1) is 15.5. The third-order valence-corrected chi connectivity index (χ3v) is 5.04. The molecule has 11 heteroatoms. The van der Waals surface area contributed by atoms with Gasteiger partial charge in [-0.1, -0.05) is 12.1 Å². The van der Waals surface area contributed by atoms with Crippen molar-refractivity contribution in [3.05, 3.63) is 59.2 Å². The van der Waals surface area contributed by atoms with Gasteiger partial charge in [0.25, 0.3) is 0 Å². The molecule has 0 fully saturated rings. The van der Waals surface area contributed by atoms with Gasteiger partial charge in [0.15, 0.2) is 0 Å². The summed E-state index contributed by atoms with van der Waals surface area (Å²) in [6, 6.07) is 14.6. The molecule has 3 heterocycles. The van der Waals surface area contributed by atoms with Gasteiger partial charge in [0, 0.05) is 44.2 Å². The zero-order valence-corrected chi connectivity index (χ0v) is 22.4. The van der Waals surface area contributed by atoms with E-state index in [1.807, 2.05) is 0 Å². The molecule has 0 saturated carbocycles. The Morgan fingerprint density at radius 3 is 1.09 bits per heavy atom. The summed E-state index contributed by atoms with van der Waals surface area (Å²) >= 11 is 0. The molecule has 0 saturated heterocycles. The largest absolute Gasteiger partial charge is 1.00 e. The summed E-state index contributed by atoms with van der Waals surface area (Å²) in [6.45, 7) is 18.3. The van der Waals surface area contributed by atoms with Crippen molar-refractivity contribution < 1.29 is 34.3 Å². The van der Waals surface area contributed by atoms with Gasteiger partial charge in [-0.15, -0.1) is 0 Å². The maximum Gasteiger partial charge on any atom is 1.00 e. The molecule has 0 spiro atoms. The predicted molar refractivity (Wildman–Crippen MR) is 128 cm³/mol. The number of hydrogen-bond acceptors (Lipinski definition) is 5. The van der Waals surface area contributed by atoms with Gasteiger partial charge in [0.1, 0.15) is 0 Å². The van der Waals surface area contributed by atoms with Crippen LogP contribution in [0, 0.1) is 11.3 Å². The summed E-state index contributed by atoms with van der Waals surface area (Å²) in [4.78, 5) is 14.8. The summed E-state index contributed by atoms with van der Waals surface area (Å²) in [6.07, 6.45) is 0. The van der Waals surface area contributed by atoms with Crippen LogP contribution in [0.5, 0.6) is 0 Å². The fourth-order valence-electron chi connectivity index (χ4n) is 3.25. The molecule has 0 aliphatic carbocycles. The van der Waals surface area contributed by atoms with Gasteiger partial charge < -0.3 is 17.3 Å². The van der Waals surface area contributed by atoms with Crippen molar-refractivity contribution in [2.24, 2.45) is 0 Å². The van der Waals surface area contributed by atoms with Crippen LogP contribution < -0.4 is 0 Å². The Labute approximate surface area is 217 Å². The second kappa shape index (κ2) is 13.9. The number of hydrogen-bond donors (Lipinski definition) is 0. The maximum absolute atomic E-state index is 9.75. The van der Waals surface area contributed by atoms with Crippen molar-refractivity contribution in [1.82, 2.24) is 19.8 Å². The average Bonchev–Trinajstić information content (AvgIpc) is 2.65. The monoisotopic (exact) mass is 543 g/mol. The minimum Gasteiger partial charge on any atom is -0.418 e. The third-order valence-electron chi connectivity index (χ3n) is 5.04. The van der Waals surface area contributed by atoms with E-state index in [-0.39, 0.29) is 28.1 Å². The van der Waals surface area contributed by atoms with Gasteiger partial charge >= 0.3 is 24.3 Å². The zero-order chi connectivity index (χ0) is 26.2. The van der Waals surface area contributed by atoms with E-state index in [4.69, 9.17) is 15.2 Å². The van der Waals surface area contributed by atoms with Crippen LogP contribution in [-0.2, 0) is 43.2 Å². The zero-order valence-electron chi connectivity index (χ0n) is 21.4. The van der Waals surface area contributed by atoms with Gasteiger partial charge in [-0.25, -0.2) is 0 Å². The Bertz CT molecular complexity index is 838. The Morgan fingerprint density at radius 2 is 0.914 bits per heavy atom. The van der Waals surface area contributed by atoms with E-state index in [0.717, 1.165) is 49.0 Å². The number of pyridine rings is 2. The smallest absolute Gasteiger partial charge is 0.418 e. The van der Waals surface area contributed by atoms with Gasteiger partial charge in [-0.3, -0.25) is 19.8 Å². The van der Waals surface area contributed by atoms with E-state index in [9.17, 15) is 17.3 Å². The molecule has 2 aromatic heterocycles. The normalized spacial score (nSPS) is 14.9. The molecule has 3 rings (SSSR count). The molecule has 1 aliphatic heterocycles. The van der Waals surface area contributed by atoms with Crippen LogP contribution in [0.2, 0.25) is 0 Å². The first kappa shape index (κ1) is 33.0. The van der Waals surface area contributed by atoms with Crippen molar-refractivity contribution in [3.63, 3.8) is 0 Å². The Kier molecular flexibility index (Phi) is 13.1. The molecular formula is C24H35BCuF4N5. The quantitative estimate of drug-likeness (QED) is 0.292. The number of aromatic nitrogens is 2. The molecule has 0 atom stereocenters. The number of rotatable bonds is 0. The first-order valence-corrected chi connectivity index (χ1v) is 11.1. The fourth-order valence-corrected chi connectivity index (χ4v) is 3.25. The molecule has 198 valence electrons. The van der Waals surface area contributed by atoms with Crippen molar-refractivity contribution in [1.29, 1.82) is 5.26 Å². The molecule has 0 unspecified atom stereocenters. The summed E-state index contributed by atoms with van der Waals surface area (Å²) in [7, 11) is -6.00. The molecule has 2 aromatic rings. The topological polar surface area (TPSA) is 56.1 Å². The van der Waals surface area contributed by atoms with Crippen molar-refractivity contribution in [2.75, 3.05) is 0 Å². The number of fused-ring (bicyclic) bond motifs is 4. The SMILES string of the molecule is CC#N.CC(C)(C)N1Cc2cccc(n2)CN(C(C)(C)C)Cc2cccc(n2)C1.F[B-](F)(F)F.[Cu+]. The minimum absolute atomic E-state index is 0. The Morgan fingerprint density at radius 1 is 0.714 bits per heavy atom. The number of nitriles is 1. The van der Waals surface area contributed by atoms with Crippen LogP contribution in [0.1, 0.15) is 71.2 Å². The molecular weight excluding hydrogens is 509 g/mol. The molecule has 1 aliphatic rings. The number of nitrogens with zero attached hydrogens (tertiary/aromatic N) is 5. The second-order valence-corrected chi connectivity index (χ2v) is 10.0. The average molecular weight is 544 g/mol. The predicted octanol–water partition coefficient (Wildman–Crippen LogP) is 6.22. The number of halogens is 4. The van der Waals surface area contributed by atoms with Crippen LogP contribution in [0.3, 0.4) is 0 Å². The summed E-state index contributed by atoms with van der Waals surface area (Å²) in [5, 5.41) is 7.32. The Balaban J connectivity index is 0.00000112.